The second-order valence-electron chi connectivity index (χ2n) is 6.25. The normalized spacial score (nSPS) is 11.9. The van der Waals surface area contributed by atoms with Crippen LogP contribution in [0.2, 0.25) is 0 Å². The molecule has 7 nitrogen and oxygen atoms in total. The zero-order valence-corrected chi connectivity index (χ0v) is 17.0. The van der Waals surface area contributed by atoms with Gasteiger partial charge in [0.2, 0.25) is 0 Å². The van der Waals surface area contributed by atoms with Crippen LogP contribution in [-0.2, 0) is 21.3 Å². The molecule has 0 aliphatic carbocycles. The molecule has 0 aliphatic heterocycles. The van der Waals surface area contributed by atoms with Crippen LogP contribution in [0.15, 0.2) is 53.4 Å². The number of ketones is 1. The van der Waals surface area contributed by atoms with E-state index in [1.54, 1.807) is 19.2 Å². The molecule has 2 aromatic carbocycles. The van der Waals surface area contributed by atoms with Gasteiger partial charge in [0.05, 0.1) is 12.6 Å². The lowest BCUT2D eigenvalue weighted by Crippen LogP contribution is -2.34. The van der Waals surface area contributed by atoms with Crippen LogP contribution < -0.4 is 14.8 Å². The molecule has 1 atom stereocenters. The SMILES string of the molecule is C#CCNC(=O)c1ccc(S(=O)(=O)Oc2ccc(C[C@H](NC)C(C)=O)cc2)cc1. The Kier molecular flexibility index (Phi) is 7.53. The highest BCUT2D eigenvalue weighted by Gasteiger charge is 2.18. The van der Waals surface area contributed by atoms with E-state index in [0.29, 0.717) is 6.42 Å². The molecule has 2 rings (SSSR count). The molecule has 0 saturated heterocycles. The van der Waals surface area contributed by atoms with Gasteiger partial charge < -0.3 is 14.8 Å². The fourth-order valence-electron chi connectivity index (χ4n) is 2.55. The Labute approximate surface area is 170 Å². The van der Waals surface area contributed by atoms with Gasteiger partial charge in [-0.3, -0.25) is 9.59 Å². The van der Waals surface area contributed by atoms with Crippen molar-refractivity contribution >= 4 is 21.8 Å². The largest absolute Gasteiger partial charge is 0.379 e. The number of nitrogens with one attached hydrogen (secondary N) is 2. The van der Waals surface area contributed by atoms with Gasteiger partial charge in [0.15, 0.2) is 0 Å². The van der Waals surface area contributed by atoms with E-state index in [9.17, 15) is 18.0 Å². The zero-order valence-electron chi connectivity index (χ0n) is 16.1. The van der Waals surface area contributed by atoms with Crippen molar-refractivity contribution in [2.75, 3.05) is 13.6 Å². The summed E-state index contributed by atoms with van der Waals surface area (Å²) in [6.07, 6.45) is 5.57. The lowest BCUT2D eigenvalue weighted by atomic mass is 10.0. The molecule has 0 aliphatic rings. The first kappa shape index (κ1) is 22.1. The molecule has 0 heterocycles. The van der Waals surface area contributed by atoms with E-state index in [1.807, 2.05) is 0 Å². The summed E-state index contributed by atoms with van der Waals surface area (Å²) in [6.45, 7) is 1.59. The third-order valence-corrected chi connectivity index (χ3v) is 5.43. The van der Waals surface area contributed by atoms with E-state index in [4.69, 9.17) is 10.6 Å². The number of hydrogen-bond acceptors (Lipinski definition) is 6. The number of rotatable bonds is 9. The predicted octanol–water partition coefficient (Wildman–Crippen LogP) is 1.54. The Morgan fingerprint density at radius 2 is 1.72 bits per heavy atom. The molecule has 2 N–H and O–H groups in total. The van der Waals surface area contributed by atoms with Crippen LogP contribution in [0.5, 0.6) is 5.75 Å². The minimum atomic E-state index is -4.06. The lowest BCUT2D eigenvalue weighted by Gasteiger charge is -2.13. The van der Waals surface area contributed by atoms with Crippen LogP contribution in [-0.4, -0.2) is 39.7 Å². The Bertz CT molecular complexity index is 1010. The van der Waals surface area contributed by atoms with Crippen molar-refractivity contribution in [2.24, 2.45) is 0 Å². The third-order valence-electron chi connectivity index (χ3n) is 4.16. The quantitative estimate of drug-likeness (QED) is 0.477. The Morgan fingerprint density at radius 1 is 1.10 bits per heavy atom. The number of Topliss-reactive ketones (excluding diaryl/α,β-unsaturated/α-hetero) is 1. The average Bonchev–Trinajstić information content (AvgIpc) is 2.71. The molecule has 1 amide bonds. The number of likely N-dealkylation sites (N-methyl/N-ethyl adjacent to an activating group) is 1. The van der Waals surface area contributed by atoms with Crippen LogP contribution in [0, 0.1) is 12.3 Å². The molecule has 0 unspecified atom stereocenters. The van der Waals surface area contributed by atoms with Crippen LogP contribution in [0.3, 0.4) is 0 Å². The maximum Gasteiger partial charge on any atom is 0.339 e. The zero-order chi connectivity index (χ0) is 21.4. The van der Waals surface area contributed by atoms with E-state index in [-0.39, 0.29) is 34.6 Å². The average molecular weight is 414 g/mol. The number of carbonyl (C=O) groups excluding carboxylic acids is 2. The first-order valence-electron chi connectivity index (χ1n) is 8.79. The summed E-state index contributed by atoms with van der Waals surface area (Å²) in [5.41, 5.74) is 1.15. The standard InChI is InChI=1S/C21H22N2O5S/c1-4-13-23-21(25)17-7-11-19(12-8-17)29(26,27)28-18-9-5-16(6-10-18)14-20(22-3)15(2)24/h1,5-12,20,22H,13-14H2,2-3H3,(H,23,25)/t20-/m0/s1. The Balaban J connectivity index is 2.08. The first-order valence-corrected chi connectivity index (χ1v) is 10.2. The van der Waals surface area contributed by atoms with Crippen molar-refractivity contribution in [3.05, 3.63) is 59.7 Å². The van der Waals surface area contributed by atoms with Crippen LogP contribution in [0.4, 0.5) is 0 Å². The van der Waals surface area contributed by atoms with Crippen LogP contribution in [0.1, 0.15) is 22.8 Å². The molecule has 0 fully saturated rings. The van der Waals surface area contributed by atoms with Crippen LogP contribution >= 0.6 is 0 Å². The minimum Gasteiger partial charge on any atom is -0.379 e. The van der Waals surface area contributed by atoms with Gasteiger partial charge in [0.1, 0.15) is 16.4 Å². The minimum absolute atomic E-state index is 0.0202. The van der Waals surface area contributed by atoms with Crippen molar-refractivity contribution in [2.45, 2.75) is 24.3 Å². The summed E-state index contributed by atoms with van der Waals surface area (Å²) in [5, 5.41) is 5.43. The van der Waals surface area contributed by atoms with Gasteiger partial charge in [0, 0.05) is 5.56 Å². The first-order chi connectivity index (χ1) is 13.8. The van der Waals surface area contributed by atoms with Crippen molar-refractivity contribution in [1.82, 2.24) is 10.6 Å². The van der Waals surface area contributed by atoms with Gasteiger partial charge in [-0.05, 0) is 62.4 Å². The van der Waals surface area contributed by atoms with Gasteiger partial charge in [0.25, 0.3) is 5.91 Å². The molecule has 0 aromatic heterocycles. The van der Waals surface area contributed by atoms with Gasteiger partial charge in [-0.1, -0.05) is 18.1 Å². The number of terminal acetylenes is 1. The highest BCUT2D eigenvalue weighted by Crippen LogP contribution is 2.20. The summed E-state index contributed by atoms with van der Waals surface area (Å²) in [5.74, 6) is 2.06. The fourth-order valence-corrected chi connectivity index (χ4v) is 3.48. The second-order valence-corrected chi connectivity index (χ2v) is 7.79. The summed E-state index contributed by atoms with van der Waals surface area (Å²) in [7, 11) is -2.35. The topological polar surface area (TPSA) is 102 Å². The number of amides is 1. The smallest absolute Gasteiger partial charge is 0.339 e. The maximum atomic E-state index is 12.4. The number of benzene rings is 2. The molecule has 152 valence electrons. The second kappa shape index (κ2) is 9.87. The van der Waals surface area contributed by atoms with Crippen molar-refractivity contribution in [3.8, 4) is 18.1 Å². The van der Waals surface area contributed by atoms with Gasteiger partial charge in [-0.2, -0.15) is 8.42 Å². The monoisotopic (exact) mass is 414 g/mol. The number of carbonyl (C=O) groups is 2. The van der Waals surface area contributed by atoms with Gasteiger partial charge >= 0.3 is 10.1 Å². The van der Waals surface area contributed by atoms with Crippen molar-refractivity contribution in [3.63, 3.8) is 0 Å². The summed E-state index contributed by atoms with van der Waals surface area (Å²) in [6, 6.07) is 11.5. The molecule has 29 heavy (non-hydrogen) atoms. The van der Waals surface area contributed by atoms with E-state index < -0.39 is 16.0 Å². The van der Waals surface area contributed by atoms with Crippen molar-refractivity contribution in [1.29, 1.82) is 0 Å². The van der Waals surface area contributed by atoms with Crippen LogP contribution in [0.25, 0.3) is 0 Å². The summed E-state index contributed by atoms with van der Waals surface area (Å²) in [4.78, 5) is 23.2. The lowest BCUT2D eigenvalue weighted by molar-refractivity contribution is -0.118. The third kappa shape index (κ3) is 6.17. The Morgan fingerprint density at radius 3 is 2.24 bits per heavy atom. The Hall–Kier alpha value is -3.15. The van der Waals surface area contributed by atoms with Gasteiger partial charge in [-0.25, -0.2) is 0 Å². The highest BCUT2D eigenvalue weighted by molar-refractivity contribution is 7.87. The number of hydrogen-bond donors (Lipinski definition) is 2. The highest BCUT2D eigenvalue weighted by atomic mass is 32.2. The van der Waals surface area contributed by atoms with E-state index in [1.165, 1.54) is 43.3 Å². The fraction of sp³-hybridized carbons (Fsp3) is 0.238. The van der Waals surface area contributed by atoms with E-state index >= 15 is 0 Å². The van der Waals surface area contributed by atoms with Gasteiger partial charge in [-0.15, -0.1) is 6.42 Å². The molecule has 0 bridgehead atoms. The predicted molar refractivity (Wildman–Crippen MR) is 109 cm³/mol. The molecular formula is C21H22N2O5S. The summed E-state index contributed by atoms with van der Waals surface area (Å²) >= 11 is 0. The van der Waals surface area contributed by atoms with E-state index in [0.717, 1.165) is 5.56 Å². The molecule has 0 saturated carbocycles. The molecule has 2 aromatic rings. The van der Waals surface area contributed by atoms with Crippen molar-refractivity contribution < 1.29 is 22.2 Å². The maximum absolute atomic E-state index is 12.4. The molecule has 0 spiro atoms. The molecule has 0 radical (unpaired) electrons. The molecular weight excluding hydrogens is 392 g/mol. The molecule has 8 heteroatoms. The summed E-state index contributed by atoms with van der Waals surface area (Å²) < 4.78 is 30.0. The van der Waals surface area contributed by atoms with E-state index in [2.05, 4.69) is 16.6 Å².